The zero-order valence-corrected chi connectivity index (χ0v) is 10.3. The summed E-state index contributed by atoms with van der Waals surface area (Å²) < 4.78 is 13.6. The highest BCUT2D eigenvalue weighted by Crippen LogP contribution is 2.17. The van der Waals surface area contributed by atoms with Gasteiger partial charge < -0.3 is 5.32 Å². The van der Waals surface area contributed by atoms with Gasteiger partial charge in [-0.05, 0) is 30.7 Å². The van der Waals surface area contributed by atoms with Crippen LogP contribution in [-0.4, -0.2) is 10.9 Å². The Bertz CT molecular complexity index is 601. The normalized spacial score (nSPS) is 10.2. The fourth-order valence-corrected chi connectivity index (χ4v) is 1.67. The van der Waals surface area contributed by atoms with Crippen molar-refractivity contribution in [1.29, 1.82) is 0 Å². The second kappa shape index (κ2) is 5.14. The van der Waals surface area contributed by atoms with E-state index >= 15 is 0 Å². The maximum Gasteiger partial charge on any atom is 0.258 e. The Morgan fingerprint density at radius 2 is 2.17 bits per heavy atom. The molecule has 0 aliphatic carbocycles. The van der Waals surface area contributed by atoms with Crippen molar-refractivity contribution in [1.82, 2.24) is 4.98 Å². The molecule has 0 atom stereocenters. The molecule has 1 N–H and O–H groups in total. The molecule has 0 radical (unpaired) electrons. The summed E-state index contributed by atoms with van der Waals surface area (Å²) in [4.78, 5) is 15.4. The minimum absolute atomic E-state index is 0.128. The lowest BCUT2D eigenvalue weighted by atomic mass is 10.2. The number of pyridine rings is 1. The number of aryl methyl sites for hydroxylation is 1. The Morgan fingerprint density at radius 1 is 1.39 bits per heavy atom. The standard InChI is InChI=1S/C13H10ClFN2O/c1-8-3-2-4-9(7-8)17-13(18)10-5-6-16-12(14)11(10)15/h2-7H,1H3,(H,17,18). The van der Waals surface area contributed by atoms with Gasteiger partial charge in [0.15, 0.2) is 11.0 Å². The third-order valence-electron chi connectivity index (χ3n) is 2.37. The monoisotopic (exact) mass is 264 g/mol. The molecular weight excluding hydrogens is 255 g/mol. The molecule has 0 saturated heterocycles. The van der Waals surface area contributed by atoms with Crippen molar-refractivity contribution in [2.75, 3.05) is 5.32 Å². The first-order valence-electron chi connectivity index (χ1n) is 5.26. The summed E-state index contributed by atoms with van der Waals surface area (Å²) in [6, 6.07) is 8.51. The third-order valence-corrected chi connectivity index (χ3v) is 2.63. The van der Waals surface area contributed by atoms with Crippen LogP contribution in [0, 0.1) is 12.7 Å². The van der Waals surface area contributed by atoms with Crippen LogP contribution in [0.15, 0.2) is 36.5 Å². The van der Waals surface area contributed by atoms with Gasteiger partial charge in [0, 0.05) is 11.9 Å². The van der Waals surface area contributed by atoms with Crippen LogP contribution in [0.2, 0.25) is 5.15 Å². The molecule has 0 saturated carbocycles. The number of amides is 1. The molecule has 1 heterocycles. The van der Waals surface area contributed by atoms with Crippen LogP contribution in [0.4, 0.5) is 10.1 Å². The van der Waals surface area contributed by atoms with Gasteiger partial charge in [-0.2, -0.15) is 0 Å². The molecule has 18 heavy (non-hydrogen) atoms. The lowest BCUT2D eigenvalue weighted by Crippen LogP contribution is -2.14. The summed E-state index contributed by atoms with van der Waals surface area (Å²) >= 11 is 5.52. The number of halogens is 2. The van der Waals surface area contributed by atoms with Crippen molar-refractivity contribution in [3.8, 4) is 0 Å². The number of nitrogens with one attached hydrogen (secondary N) is 1. The molecule has 0 fully saturated rings. The number of aromatic nitrogens is 1. The highest BCUT2D eigenvalue weighted by molar-refractivity contribution is 6.30. The Morgan fingerprint density at radius 3 is 2.89 bits per heavy atom. The minimum Gasteiger partial charge on any atom is -0.322 e. The quantitative estimate of drug-likeness (QED) is 0.845. The molecule has 3 nitrogen and oxygen atoms in total. The van der Waals surface area contributed by atoms with Crippen LogP contribution in [-0.2, 0) is 0 Å². The number of rotatable bonds is 2. The molecule has 1 amide bonds. The van der Waals surface area contributed by atoms with Crippen molar-refractivity contribution >= 4 is 23.2 Å². The number of nitrogens with zero attached hydrogens (tertiary/aromatic N) is 1. The molecule has 0 unspecified atom stereocenters. The van der Waals surface area contributed by atoms with E-state index in [0.717, 1.165) is 5.56 Å². The van der Waals surface area contributed by atoms with Crippen molar-refractivity contribution < 1.29 is 9.18 Å². The summed E-state index contributed by atoms with van der Waals surface area (Å²) in [7, 11) is 0. The maximum atomic E-state index is 13.6. The third kappa shape index (κ3) is 2.65. The number of carbonyl (C=O) groups excluding carboxylic acids is 1. The van der Waals surface area contributed by atoms with Gasteiger partial charge in [0.25, 0.3) is 5.91 Å². The van der Waals surface area contributed by atoms with Crippen molar-refractivity contribution in [2.45, 2.75) is 6.92 Å². The molecule has 0 spiro atoms. The molecule has 0 bridgehead atoms. The fraction of sp³-hybridized carbons (Fsp3) is 0.0769. The largest absolute Gasteiger partial charge is 0.322 e. The lowest BCUT2D eigenvalue weighted by molar-refractivity contribution is 0.102. The number of carbonyl (C=O) groups is 1. The van der Waals surface area contributed by atoms with Crippen LogP contribution < -0.4 is 5.32 Å². The SMILES string of the molecule is Cc1cccc(NC(=O)c2ccnc(Cl)c2F)c1. The molecule has 0 aliphatic rings. The highest BCUT2D eigenvalue weighted by Gasteiger charge is 2.14. The number of benzene rings is 1. The van der Waals surface area contributed by atoms with Crippen LogP contribution in [0.5, 0.6) is 0 Å². The molecule has 92 valence electrons. The van der Waals surface area contributed by atoms with Crippen LogP contribution >= 0.6 is 11.6 Å². The maximum absolute atomic E-state index is 13.6. The van der Waals surface area contributed by atoms with Gasteiger partial charge in [0.2, 0.25) is 0 Å². The molecule has 5 heteroatoms. The molecular formula is C13H10ClFN2O. The van der Waals surface area contributed by atoms with Gasteiger partial charge in [0.05, 0.1) is 5.56 Å². The summed E-state index contributed by atoms with van der Waals surface area (Å²) in [5.41, 5.74) is 1.48. The van der Waals surface area contributed by atoms with Crippen molar-refractivity contribution in [3.05, 3.63) is 58.6 Å². The number of hydrogen-bond acceptors (Lipinski definition) is 2. The van der Waals surface area contributed by atoms with Gasteiger partial charge in [-0.15, -0.1) is 0 Å². The second-order valence-corrected chi connectivity index (χ2v) is 4.14. The lowest BCUT2D eigenvalue weighted by Gasteiger charge is -2.07. The predicted octanol–water partition coefficient (Wildman–Crippen LogP) is 3.43. The van der Waals surface area contributed by atoms with E-state index in [1.807, 2.05) is 13.0 Å². The molecule has 1 aromatic carbocycles. The topological polar surface area (TPSA) is 42.0 Å². The highest BCUT2D eigenvalue weighted by atomic mass is 35.5. The molecule has 1 aromatic heterocycles. The Labute approximate surface area is 109 Å². The molecule has 2 aromatic rings. The average molecular weight is 265 g/mol. The first kappa shape index (κ1) is 12.5. The van der Waals surface area contributed by atoms with Gasteiger partial charge >= 0.3 is 0 Å². The van der Waals surface area contributed by atoms with Crippen LogP contribution in [0.3, 0.4) is 0 Å². The minimum atomic E-state index is -0.815. The van der Waals surface area contributed by atoms with E-state index < -0.39 is 11.7 Å². The van der Waals surface area contributed by atoms with E-state index in [1.165, 1.54) is 12.3 Å². The number of anilines is 1. The van der Waals surface area contributed by atoms with Gasteiger partial charge in [-0.1, -0.05) is 23.7 Å². The van der Waals surface area contributed by atoms with E-state index in [0.29, 0.717) is 5.69 Å². The Kier molecular flexibility index (Phi) is 3.58. The van der Waals surface area contributed by atoms with Gasteiger partial charge in [0.1, 0.15) is 0 Å². The zero-order chi connectivity index (χ0) is 13.1. The van der Waals surface area contributed by atoms with Crippen LogP contribution in [0.1, 0.15) is 15.9 Å². The summed E-state index contributed by atoms with van der Waals surface area (Å²) in [5, 5.41) is 2.29. The van der Waals surface area contributed by atoms with E-state index in [-0.39, 0.29) is 10.7 Å². The first-order chi connectivity index (χ1) is 8.58. The van der Waals surface area contributed by atoms with Gasteiger partial charge in [-0.25, -0.2) is 9.37 Å². The predicted molar refractivity (Wildman–Crippen MR) is 68.3 cm³/mol. The summed E-state index contributed by atoms with van der Waals surface area (Å²) in [6.45, 7) is 1.90. The summed E-state index contributed by atoms with van der Waals surface area (Å²) in [5.74, 6) is -1.37. The number of hydrogen-bond donors (Lipinski definition) is 1. The second-order valence-electron chi connectivity index (χ2n) is 3.79. The van der Waals surface area contributed by atoms with E-state index in [2.05, 4.69) is 10.3 Å². The van der Waals surface area contributed by atoms with E-state index in [4.69, 9.17) is 11.6 Å². The summed E-state index contributed by atoms with van der Waals surface area (Å²) in [6.07, 6.45) is 1.29. The van der Waals surface area contributed by atoms with Gasteiger partial charge in [-0.3, -0.25) is 4.79 Å². The van der Waals surface area contributed by atoms with E-state index in [9.17, 15) is 9.18 Å². The van der Waals surface area contributed by atoms with Crippen molar-refractivity contribution in [2.24, 2.45) is 0 Å². The van der Waals surface area contributed by atoms with Crippen LogP contribution in [0.25, 0.3) is 0 Å². The smallest absolute Gasteiger partial charge is 0.258 e. The zero-order valence-electron chi connectivity index (χ0n) is 9.58. The molecule has 2 rings (SSSR count). The Balaban J connectivity index is 2.25. The fourth-order valence-electron chi connectivity index (χ4n) is 1.51. The molecule has 0 aliphatic heterocycles. The van der Waals surface area contributed by atoms with Crippen molar-refractivity contribution in [3.63, 3.8) is 0 Å². The average Bonchev–Trinajstić information content (AvgIpc) is 2.32. The van der Waals surface area contributed by atoms with E-state index in [1.54, 1.807) is 18.2 Å². The Hall–Kier alpha value is -1.94. The first-order valence-corrected chi connectivity index (χ1v) is 5.64.